The van der Waals surface area contributed by atoms with E-state index in [1.807, 2.05) is 11.6 Å². The molecule has 142 valence electrons. The second-order valence-corrected chi connectivity index (χ2v) is 8.83. The van der Waals surface area contributed by atoms with Crippen molar-refractivity contribution in [3.05, 3.63) is 48.6 Å². The fraction of sp³-hybridized carbons (Fsp3) is 0.438. The Bertz CT molecular complexity index is 987. The molecule has 4 rings (SSSR count). The van der Waals surface area contributed by atoms with Crippen LogP contribution in [0, 0.1) is 19.7 Å². The Balaban J connectivity index is 1.67. The van der Waals surface area contributed by atoms with E-state index in [1.54, 1.807) is 6.92 Å². The van der Waals surface area contributed by atoms with E-state index < -0.39 is 0 Å². The minimum absolute atomic E-state index is 0.210. The van der Waals surface area contributed by atoms with Crippen molar-refractivity contribution in [3.63, 3.8) is 0 Å². The standard InChI is InChI=1S/C16H16BrClFN7S/c1-7-5-10(19)11(22-14(7)17)6-20-12(13-8(2)21-16(18)27-13)15-23-24-25-26(15)9-3-4-9/h5,9,12,20H,3-4,6H2,1-2H3. The van der Waals surface area contributed by atoms with E-state index in [4.69, 9.17) is 11.6 Å². The molecular formula is C16H16BrClFN7S. The molecule has 3 aromatic rings. The summed E-state index contributed by atoms with van der Waals surface area (Å²) < 4.78 is 17.2. The lowest BCUT2D eigenvalue weighted by atomic mass is 10.2. The summed E-state index contributed by atoms with van der Waals surface area (Å²) in [5, 5.41) is 15.5. The van der Waals surface area contributed by atoms with Crippen LogP contribution >= 0.6 is 38.9 Å². The molecule has 1 aliphatic carbocycles. The topological polar surface area (TPSA) is 81.4 Å². The molecule has 27 heavy (non-hydrogen) atoms. The molecule has 0 saturated heterocycles. The molecule has 1 fully saturated rings. The average Bonchev–Trinajstić information content (AvgIpc) is 3.25. The maximum Gasteiger partial charge on any atom is 0.184 e. The van der Waals surface area contributed by atoms with Crippen LogP contribution in [0.2, 0.25) is 4.47 Å². The van der Waals surface area contributed by atoms with Gasteiger partial charge in [-0.05, 0) is 64.7 Å². The molecule has 11 heteroatoms. The van der Waals surface area contributed by atoms with Gasteiger partial charge in [-0.15, -0.1) is 16.4 Å². The lowest BCUT2D eigenvalue weighted by Gasteiger charge is -2.18. The molecule has 1 atom stereocenters. The normalized spacial score (nSPS) is 15.3. The highest BCUT2D eigenvalue weighted by atomic mass is 79.9. The molecule has 1 N–H and O–H groups in total. The van der Waals surface area contributed by atoms with Crippen LogP contribution in [0.3, 0.4) is 0 Å². The van der Waals surface area contributed by atoms with Crippen molar-refractivity contribution in [1.29, 1.82) is 0 Å². The number of nitrogens with zero attached hydrogens (tertiary/aromatic N) is 6. The van der Waals surface area contributed by atoms with Gasteiger partial charge in [0, 0.05) is 6.54 Å². The zero-order valence-electron chi connectivity index (χ0n) is 14.6. The predicted octanol–water partition coefficient (Wildman–Crippen LogP) is 3.91. The van der Waals surface area contributed by atoms with Crippen molar-refractivity contribution >= 4 is 38.9 Å². The predicted molar refractivity (Wildman–Crippen MR) is 103 cm³/mol. The SMILES string of the molecule is Cc1cc(F)c(CNC(c2sc(Cl)nc2C)c2nnnn2C2CC2)nc1Br. The Hall–Kier alpha value is -1.49. The van der Waals surface area contributed by atoms with Gasteiger partial charge in [-0.3, -0.25) is 5.32 Å². The summed E-state index contributed by atoms with van der Waals surface area (Å²) in [5.74, 6) is 0.315. The summed E-state index contributed by atoms with van der Waals surface area (Å²) in [6, 6.07) is 1.42. The molecular weight excluding hydrogens is 457 g/mol. The lowest BCUT2D eigenvalue weighted by Crippen LogP contribution is -2.26. The number of hydrogen-bond donors (Lipinski definition) is 1. The molecule has 1 saturated carbocycles. The smallest absolute Gasteiger partial charge is 0.184 e. The number of nitrogens with one attached hydrogen (secondary N) is 1. The van der Waals surface area contributed by atoms with Crippen LogP contribution in [0.4, 0.5) is 4.39 Å². The van der Waals surface area contributed by atoms with Gasteiger partial charge < -0.3 is 0 Å². The van der Waals surface area contributed by atoms with Gasteiger partial charge in [0.1, 0.15) is 16.5 Å². The van der Waals surface area contributed by atoms with E-state index in [0.717, 1.165) is 29.0 Å². The summed E-state index contributed by atoms with van der Waals surface area (Å²) in [7, 11) is 0. The minimum atomic E-state index is -0.359. The van der Waals surface area contributed by atoms with Crippen LogP contribution in [-0.4, -0.2) is 30.2 Å². The maximum atomic E-state index is 14.3. The average molecular weight is 473 g/mol. The van der Waals surface area contributed by atoms with Crippen molar-refractivity contribution in [2.75, 3.05) is 0 Å². The van der Waals surface area contributed by atoms with Crippen LogP contribution in [0.5, 0.6) is 0 Å². The molecule has 3 aromatic heterocycles. The van der Waals surface area contributed by atoms with E-state index >= 15 is 0 Å². The van der Waals surface area contributed by atoms with Crippen molar-refractivity contribution in [2.45, 2.75) is 45.3 Å². The van der Waals surface area contributed by atoms with Gasteiger partial charge in [0.05, 0.1) is 22.3 Å². The number of halogens is 3. The number of pyridine rings is 1. The Morgan fingerprint density at radius 1 is 1.41 bits per heavy atom. The first-order valence-corrected chi connectivity index (χ1v) is 10.4. The zero-order valence-corrected chi connectivity index (χ0v) is 17.7. The third kappa shape index (κ3) is 3.89. The fourth-order valence-electron chi connectivity index (χ4n) is 2.83. The van der Waals surface area contributed by atoms with E-state index in [0.29, 0.717) is 26.6 Å². The molecule has 7 nitrogen and oxygen atoms in total. The molecule has 0 amide bonds. The molecule has 1 unspecified atom stereocenters. The van der Waals surface area contributed by atoms with Gasteiger partial charge in [0.15, 0.2) is 10.3 Å². The molecule has 0 bridgehead atoms. The summed E-state index contributed by atoms with van der Waals surface area (Å²) in [6.45, 7) is 3.90. The van der Waals surface area contributed by atoms with Crippen LogP contribution in [0.15, 0.2) is 10.7 Å². The molecule has 0 radical (unpaired) electrons. The third-order valence-corrected chi connectivity index (χ3v) is 6.52. The van der Waals surface area contributed by atoms with Gasteiger partial charge in [-0.2, -0.15) is 0 Å². The monoisotopic (exact) mass is 471 g/mol. The van der Waals surface area contributed by atoms with Crippen LogP contribution in [0.1, 0.15) is 52.6 Å². The Labute approximate surface area is 172 Å². The van der Waals surface area contributed by atoms with E-state index in [9.17, 15) is 4.39 Å². The highest BCUT2D eigenvalue weighted by Gasteiger charge is 2.33. The van der Waals surface area contributed by atoms with Gasteiger partial charge >= 0.3 is 0 Å². The molecule has 1 aliphatic rings. The summed E-state index contributed by atoms with van der Waals surface area (Å²) in [5.41, 5.74) is 1.86. The largest absolute Gasteiger partial charge is 0.297 e. The summed E-state index contributed by atoms with van der Waals surface area (Å²) in [6.07, 6.45) is 2.10. The highest BCUT2D eigenvalue weighted by Crippen LogP contribution is 2.38. The van der Waals surface area contributed by atoms with Crippen molar-refractivity contribution in [3.8, 4) is 0 Å². The van der Waals surface area contributed by atoms with E-state index in [2.05, 4.69) is 46.7 Å². The zero-order chi connectivity index (χ0) is 19.1. The molecule has 0 spiro atoms. The number of thiazole rings is 1. The van der Waals surface area contributed by atoms with Crippen molar-refractivity contribution in [2.24, 2.45) is 0 Å². The number of aryl methyl sites for hydroxylation is 2. The molecule has 0 aliphatic heterocycles. The van der Waals surface area contributed by atoms with Crippen LogP contribution in [-0.2, 0) is 6.54 Å². The van der Waals surface area contributed by atoms with Gasteiger partial charge in [-0.25, -0.2) is 19.0 Å². The van der Waals surface area contributed by atoms with Crippen LogP contribution in [0.25, 0.3) is 0 Å². The van der Waals surface area contributed by atoms with Crippen molar-refractivity contribution in [1.82, 2.24) is 35.5 Å². The summed E-state index contributed by atoms with van der Waals surface area (Å²) >= 11 is 10.8. The molecule has 0 aromatic carbocycles. The fourth-order valence-corrected chi connectivity index (χ4v) is 4.40. The van der Waals surface area contributed by atoms with Crippen LogP contribution < -0.4 is 5.32 Å². The number of rotatable bonds is 6. The van der Waals surface area contributed by atoms with E-state index in [1.165, 1.54) is 17.4 Å². The Morgan fingerprint density at radius 2 is 2.19 bits per heavy atom. The maximum absolute atomic E-state index is 14.3. The molecule has 3 heterocycles. The van der Waals surface area contributed by atoms with Gasteiger partial charge in [0.25, 0.3) is 0 Å². The minimum Gasteiger partial charge on any atom is -0.297 e. The first-order valence-electron chi connectivity index (χ1n) is 8.39. The Morgan fingerprint density at radius 3 is 2.85 bits per heavy atom. The first kappa shape index (κ1) is 18.9. The second-order valence-electron chi connectivity index (χ2n) is 6.47. The number of hydrogen-bond acceptors (Lipinski definition) is 7. The second kappa shape index (κ2) is 7.50. The number of aromatic nitrogens is 6. The third-order valence-electron chi connectivity index (χ3n) is 4.39. The van der Waals surface area contributed by atoms with Gasteiger partial charge in [0.2, 0.25) is 0 Å². The first-order chi connectivity index (χ1) is 12.9. The Kier molecular flexibility index (Phi) is 5.23. The summed E-state index contributed by atoms with van der Waals surface area (Å²) in [4.78, 5) is 9.50. The van der Waals surface area contributed by atoms with Crippen molar-refractivity contribution < 1.29 is 4.39 Å². The quantitative estimate of drug-likeness (QED) is 0.548. The number of tetrazole rings is 1. The van der Waals surface area contributed by atoms with Gasteiger partial charge in [-0.1, -0.05) is 11.6 Å². The lowest BCUT2D eigenvalue weighted by molar-refractivity contribution is 0.498. The highest BCUT2D eigenvalue weighted by molar-refractivity contribution is 9.10. The van der Waals surface area contributed by atoms with E-state index in [-0.39, 0.29) is 18.4 Å².